The molecular weight excluding hydrogens is 200 g/mol. The predicted octanol–water partition coefficient (Wildman–Crippen LogP) is 3.01. The molecule has 0 aliphatic rings. The van der Waals surface area contributed by atoms with Crippen molar-refractivity contribution in [2.24, 2.45) is 0 Å². The van der Waals surface area contributed by atoms with Gasteiger partial charge in [0.05, 0.1) is 5.75 Å². The molecule has 1 rings (SSSR count). The molecule has 14 heavy (non-hydrogen) atoms. The Hall–Kier alpha value is -0.900. The van der Waals surface area contributed by atoms with Crippen LogP contribution in [0.1, 0.15) is 37.1 Å². The maximum atomic E-state index is 10.5. The van der Waals surface area contributed by atoms with E-state index in [0.717, 1.165) is 0 Å². The number of carboxylic acids is 1. The molecule has 0 fully saturated rings. The average molecular weight is 214 g/mol. The van der Waals surface area contributed by atoms with Crippen molar-refractivity contribution < 1.29 is 14.3 Å². The van der Waals surface area contributed by atoms with Crippen LogP contribution >= 0.6 is 11.8 Å². The second-order valence-electron chi connectivity index (χ2n) is 3.97. The molecule has 1 aromatic rings. The molecule has 78 valence electrons. The van der Waals surface area contributed by atoms with Crippen LogP contribution in [0.5, 0.6) is 0 Å². The summed E-state index contributed by atoms with van der Waals surface area (Å²) in [5, 5.41) is 8.63. The van der Waals surface area contributed by atoms with Crippen LogP contribution in [0.4, 0.5) is 0 Å². The van der Waals surface area contributed by atoms with Crippen molar-refractivity contribution in [2.45, 2.75) is 31.3 Å². The van der Waals surface area contributed by atoms with Gasteiger partial charge in [0.25, 0.3) is 0 Å². The van der Waals surface area contributed by atoms with Crippen LogP contribution in [0.15, 0.2) is 16.5 Å². The van der Waals surface area contributed by atoms with Crippen LogP contribution in [0.25, 0.3) is 0 Å². The van der Waals surface area contributed by atoms with Crippen LogP contribution in [0, 0.1) is 0 Å². The standard InChI is InChI=1S/C10H14O3S/c1-10(2,3)14-6-7-4-5-8(13-7)9(11)12/h4-5H,6H2,1-3H3,(H,11,12). The summed E-state index contributed by atoms with van der Waals surface area (Å²) in [6.45, 7) is 6.33. The SMILES string of the molecule is CC(C)(C)SCc1ccc(C(=O)O)o1. The number of furan rings is 1. The predicted molar refractivity (Wildman–Crippen MR) is 56.7 cm³/mol. The fourth-order valence-electron chi connectivity index (χ4n) is 0.858. The zero-order chi connectivity index (χ0) is 10.8. The average Bonchev–Trinajstić information content (AvgIpc) is 2.47. The minimum absolute atomic E-state index is 0.00880. The van der Waals surface area contributed by atoms with Crippen molar-refractivity contribution in [3.05, 3.63) is 23.7 Å². The fraction of sp³-hybridized carbons (Fsp3) is 0.500. The number of carboxylic acid groups (broad SMARTS) is 1. The molecule has 0 radical (unpaired) electrons. The maximum Gasteiger partial charge on any atom is 0.371 e. The lowest BCUT2D eigenvalue weighted by Crippen LogP contribution is -2.07. The molecule has 0 atom stereocenters. The van der Waals surface area contributed by atoms with Gasteiger partial charge < -0.3 is 9.52 Å². The highest BCUT2D eigenvalue weighted by Crippen LogP contribution is 2.27. The Bertz CT molecular complexity index is 322. The first-order valence-corrected chi connectivity index (χ1v) is 5.33. The summed E-state index contributed by atoms with van der Waals surface area (Å²) in [4.78, 5) is 10.5. The van der Waals surface area contributed by atoms with Crippen molar-refractivity contribution in [3.63, 3.8) is 0 Å². The zero-order valence-electron chi connectivity index (χ0n) is 8.53. The van der Waals surface area contributed by atoms with Gasteiger partial charge in [0.1, 0.15) is 5.76 Å². The van der Waals surface area contributed by atoms with Crippen molar-refractivity contribution in [3.8, 4) is 0 Å². The minimum Gasteiger partial charge on any atom is -0.475 e. The number of hydrogen-bond donors (Lipinski definition) is 1. The monoisotopic (exact) mass is 214 g/mol. The third kappa shape index (κ3) is 3.46. The number of hydrogen-bond acceptors (Lipinski definition) is 3. The summed E-state index contributed by atoms with van der Waals surface area (Å²) in [6.07, 6.45) is 0. The number of aromatic carboxylic acids is 1. The molecule has 0 aliphatic heterocycles. The van der Waals surface area contributed by atoms with E-state index < -0.39 is 5.97 Å². The molecule has 0 aromatic carbocycles. The highest BCUT2D eigenvalue weighted by Gasteiger charge is 2.13. The topological polar surface area (TPSA) is 50.4 Å². The van der Waals surface area contributed by atoms with E-state index in [2.05, 4.69) is 20.8 Å². The van der Waals surface area contributed by atoms with Gasteiger partial charge in [-0.1, -0.05) is 20.8 Å². The quantitative estimate of drug-likeness (QED) is 0.840. The molecule has 0 bridgehead atoms. The van der Waals surface area contributed by atoms with E-state index in [4.69, 9.17) is 9.52 Å². The molecule has 0 spiro atoms. The summed E-state index contributed by atoms with van der Waals surface area (Å²) in [7, 11) is 0. The third-order valence-corrected chi connectivity index (χ3v) is 2.81. The number of thioether (sulfide) groups is 1. The first kappa shape index (κ1) is 11.2. The summed E-state index contributed by atoms with van der Waals surface area (Å²) >= 11 is 1.73. The van der Waals surface area contributed by atoms with Gasteiger partial charge in [0.2, 0.25) is 5.76 Å². The lowest BCUT2D eigenvalue weighted by atomic mass is 10.3. The first-order valence-electron chi connectivity index (χ1n) is 4.34. The molecule has 1 heterocycles. The molecule has 1 N–H and O–H groups in total. The Balaban J connectivity index is 2.56. The van der Waals surface area contributed by atoms with Crippen LogP contribution in [-0.2, 0) is 5.75 Å². The summed E-state index contributed by atoms with van der Waals surface area (Å²) in [5.74, 6) is 0.408. The summed E-state index contributed by atoms with van der Waals surface area (Å²) in [5.41, 5.74) is 0. The number of carbonyl (C=O) groups is 1. The highest BCUT2D eigenvalue weighted by atomic mass is 32.2. The highest BCUT2D eigenvalue weighted by molar-refractivity contribution is 7.99. The van der Waals surface area contributed by atoms with E-state index in [-0.39, 0.29) is 10.5 Å². The van der Waals surface area contributed by atoms with Crippen molar-refractivity contribution >= 4 is 17.7 Å². The molecule has 0 saturated heterocycles. The molecular formula is C10H14O3S. The molecule has 4 heteroatoms. The van der Waals surface area contributed by atoms with Gasteiger partial charge in [-0.05, 0) is 12.1 Å². The maximum absolute atomic E-state index is 10.5. The minimum atomic E-state index is -1.02. The van der Waals surface area contributed by atoms with Crippen molar-refractivity contribution in [1.82, 2.24) is 0 Å². The largest absolute Gasteiger partial charge is 0.475 e. The lowest BCUT2D eigenvalue weighted by Gasteiger charge is -2.16. The Kier molecular flexibility index (Phi) is 3.26. The van der Waals surface area contributed by atoms with Gasteiger partial charge in [-0.25, -0.2) is 4.79 Å². The second-order valence-corrected chi connectivity index (χ2v) is 5.77. The van der Waals surface area contributed by atoms with Gasteiger partial charge in [0, 0.05) is 4.75 Å². The Morgan fingerprint density at radius 2 is 2.14 bits per heavy atom. The fourth-order valence-corrected chi connectivity index (χ4v) is 1.59. The van der Waals surface area contributed by atoms with Gasteiger partial charge >= 0.3 is 5.97 Å². The number of rotatable bonds is 3. The summed E-state index contributed by atoms with van der Waals surface area (Å²) < 4.78 is 5.28. The smallest absolute Gasteiger partial charge is 0.371 e. The zero-order valence-corrected chi connectivity index (χ0v) is 9.35. The van der Waals surface area contributed by atoms with E-state index in [1.807, 2.05) is 0 Å². The van der Waals surface area contributed by atoms with E-state index in [1.165, 1.54) is 6.07 Å². The van der Waals surface area contributed by atoms with E-state index in [9.17, 15) is 4.79 Å². The van der Waals surface area contributed by atoms with Crippen LogP contribution in [0.2, 0.25) is 0 Å². The van der Waals surface area contributed by atoms with Gasteiger partial charge in [-0.2, -0.15) is 0 Å². The second kappa shape index (κ2) is 4.09. The van der Waals surface area contributed by atoms with Gasteiger partial charge in [-0.3, -0.25) is 0 Å². The van der Waals surface area contributed by atoms with Gasteiger partial charge in [0.15, 0.2) is 0 Å². The molecule has 1 aromatic heterocycles. The van der Waals surface area contributed by atoms with Crippen LogP contribution < -0.4 is 0 Å². The van der Waals surface area contributed by atoms with E-state index in [0.29, 0.717) is 11.5 Å². The Morgan fingerprint density at radius 1 is 1.50 bits per heavy atom. The molecule has 0 saturated carbocycles. The van der Waals surface area contributed by atoms with E-state index >= 15 is 0 Å². The summed E-state index contributed by atoms with van der Waals surface area (Å²) in [6, 6.07) is 3.20. The third-order valence-electron chi connectivity index (χ3n) is 1.52. The van der Waals surface area contributed by atoms with Crippen molar-refractivity contribution in [1.29, 1.82) is 0 Å². The lowest BCUT2D eigenvalue weighted by molar-refractivity contribution is 0.0661. The molecule has 0 unspecified atom stereocenters. The van der Waals surface area contributed by atoms with Gasteiger partial charge in [-0.15, -0.1) is 11.8 Å². The Morgan fingerprint density at radius 3 is 2.57 bits per heavy atom. The molecule has 0 amide bonds. The molecule has 3 nitrogen and oxygen atoms in total. The van der Waals surface area contributed by atoms with Crippen molar-refractivity contribution in [2.75, 3.05) is 0 Å². The molecule has 0 aliphatic carbocycles. The van der Waals surface area contributed by atoms with E-state index in [1.54, 1.807) is 17.8 Å². The Labute approximate surface area is 87.5 Å². The van der Waals surface area contributed by atoms with Crippen LogP contribution in [0.3, 0.4) is 0 Å². The normalized spacial score (nSPS) is 11.6. The van der Waals surface area contributed by atoms with Crippen LogP contribution in [-0.4, -0.2) is 15.8 Å². The first-order chi connectivity index (χ1) is 6.38.